The topological polar surface area (TPSA) is 29.1 Å². The van der Waals surface area contributed by atoms with E-state index in [1.807, 2.05) is 31.2 Å². The number of hydrogen-bond donors (Lipinski definition) is 1. The van der Waals surface area contributed by atoms with Crippen LogP contribution < -0.4 is 5.32 Å². The summed E-state index contributed by atoms with van der Waals surface area (Å²) in [5.74, 6) is -0.663. The summed E-state index contributed by atoms with van der Waals surface area (Å²) in [5.41, 5.74) is 2.21. The Balaban J connectivity index is 2.05. The highest BCUT2D eigenvalue weighted by atomic mass is 79.9. The van der Waals surface area contributed by atoms with Crippen LogP contribution in [0.5, 0.6) is 0 Å². The summed E-state index contributed by atoms with van der Waals surface area (Å²) in [6.07, 6.45) is 3.13. The number of aryl methyl sites for hydroxylation is 1. The monoisotopic (exact) mass is 333 g/mol. The van der Waals surface area contributed by atoms with E-state index < -0.39 is 0 Å². The highest BCUT2D eigenvalue weighted by Gasteiger charge is 2.03. The fraction of sp³-hybridized carbons (Fsp3) is 0.0625. The zero-order chi connectivity index (χ0) is 14.5. The molecule has 0 heterocycles. The summed E-state index contributed by atoms with van der Waals surface area (Å²) < 4.78 is 14.1. The van der Waals surface area contributed by atoms with Gasteiger partial charge in [-0.05, 0) is 48.4 Å². The molecule has 0 radical (unpaired) electrons. The van der Waals surface area contributed by atoms with E-state index in [9.17, 15) is 9.18 Å². The molecule has 2 aromatic rings. The van der Waals surface area contributed by atoms with E-state index >= 15 is 0 Å². The standard InChI is InChI=1S/C16H13BrFNO/c1-11-2-8-14(18)10-15(11)19-16(20)9-5-12-3-6-13(17)7-4-12/h2-10H,1H3,(H,19,20)/b9-5+. The average Bonchev–Trinajstić information content (AvgIpc) is 2.42. The second-order valence-corrected chi connectivity index (χ2v) is 5.25. The molecule has 1 N–H and O–H groups in total. The lowest BCUT2D eigenvalue weighted by Crippen LogP contribution is -2.09. The van der Waals surface area contributed by atoms with Crippen LogP contribution in [-0.4, -0.2) is 5.91 Å². The molecule has 0 aliphatic carbocycles. The Morgan fingerprint density at radius 1 is 1.20 bits per heavy atom. The van der Waals surface area contributed by atoms with Crippen LogP contribution in [-0.2, 0) is 4.79 Å². The lowest BCUT2D eigenvalue weighted by atomic mass is 10.2. The van der Waals surface area contributed by atoms with Crippen molar-refractivity contribution in [1.82, 2.24) is 0 Å². The molecule has 4 heteroatoms. The van der Waals surface area contributed by atoms with Crippen LogP contribution in [0.25, 0.3) is 6.08 Å². The van der Waals surface area contributed by atoms with E-state index in [1.54, 1.807) is 12.1 Å². The van der Waals surface area contributed by atoms with E-state index in [2.05, 4.69) is 21.2 Å². The number of amides is 1. The predicted octanol–water partition coefficient (Wildman–Crippen LogP) is 4.55. The van der Waals surface area contributed by atoms with Crippen molar-refractivity contribution in [3.05, 3.63) is 70.0 Å². The Morgan fingerprint density at radius 2 is 1.90 bits per heavy atom. The molecule has 0 spiro atoms. The van der Waals surface area contributed by atoms with E-state index in [4.69, 9.17) is 0 Å². The normalized spacial score (nSPS) is 10.8. The third-order valence-corrected chi connectivity index (χ3v) is 3.28. The van der Waals surface area contributed by atoms with Gasteiger partial charge < -0.3 is 5.32 Å². The van der Waals surface area contributed by atoms with Crippen molar-refractivity contribution in [3.8, 4) is 0 Å². The molecule has 0 bridgehead atoms. The molecule has 20 heavy (non-hydrogen) atoms. The summed E-state index contributed by atoms with van der Waals surface area (Å²) in [7, 11) is 0. The molecule has 0 saturated carbocycles. The summed E-state index contributed by atoms with van der Waals surface area (Å²) in [6, 6.07) is 11.9. The van der Waals surface area contributed by atoms with Crippen molar-refractivity contribution >= 4 is 33.6 Å². The first kappa shape index (κ1) is 14.5. The first-order valence-corrected chi connectivity index (χ1v) is 6.85. The van der Waals surface area contributed by atoms with Crippen molar-refractivity contribution in [2.45, 2.75) is 6.92 Å². The zero-order valence-corrected chi connectivity index (χ0v) is 12.4. The molecule has 2 nitrogen and oxygen atoms in total. The van der Waals surface area contributed by atoms with Gasteiger partial charge in [-0.25, -0.2) is 4.39 Å². The van der Waals surface area contributed by atoms with Gasteiger partial charge in [-0.2, -0.15) is 0 Å². The van der Waals surface area contributed by atoms with Gasteiger partial charge in [0.25, 0.3) is 0 Å². The maximum Gasteiger partial charge on any atom is 0.248 e. The van der Waals surface area contributed by atoms with Crippen molar-refractivity contribution in [2.75, 3.05) is 5.32 Å². The largest absolute Gasteiger partial charge is 0.322 e. The van der Waals surface area contributed by atoms with Crippen molar-refractivity contribution < 1.29 is 9.18 Å². The highest BCUT2D eigenvalue weighted by Crippen LogP contribution is 2.16. The Morgan fingerprint density at radius 3 is 2.60 bits per heavy atom. The Bertz CT molecular complexity index is 650. The number of nitrogens with one attached hydrogen (secondary N) is 1. The average molecular weight is 334 g/mol. The lowest BCUT2D eigenvalue weighted by Gasteiger charge is -2.06. The van der Waals surface area contributed by atoms with Crippen LogP contribution in [0, 0.1) is 12.7 Å². The third kappa shape index (κ3) is 4.03. The molecule has 0 aromatic heterocycles. The maximum absolute atomic E-state index is 13.1. The van der Waals surface area contributed by atoms with Crippen LogP contribution in [0.2, 0.25) is 0 Å². The Labute approximate surface area is 125 Å². The molecule has 0 aliphatic rings. The van der Waals surface area contributed by atoms with Crippen molar-refractivity contribution in [2.24, 2.45) is 0 Å². The quantitative estimate of drug-likeness (QED) is 0.820. The van der Waals surface area contributed by atoms with E-state index in [0.29, 0.717) is 5.69 Å². The first-order valence-electron chi connectivity index (χ1n) is 6.05. The third-order valence-electron chi connectivity index (χ3n) is 2.75. The van der Waals surface area contributed by atoms with Crippen molar-refractivity contribution in [3.63, 3.8) is 0 Å². The summed E-state index contributed by atoms with van der Waals surface area (Å²) in [6.45, 7) is 1.81. The van der Waals surface area contributed by atoms with E-state index in [0.717, 1.165) is 15.6 Å². The molecule has 0 aliphatic heterocycles. The van der Waals surface area contributed by atoms with Gasteiger partial charge in [-0.3, -0.25) is 4.79 Å². The first-order chi connectivity index (χ1) is 9.54. The van der Waals surface area contributed by atoms with Crippen LogP contribution in [0.1, 0.15) is 11.1 Å². The molecule has 0 atom stereocenters. The molecule has 2 aromatic carbocycles. The molecule has 0 saturated heterocycles. The predicted molar refractivity (Wildman–Crippen MR) is 82.9 cm³/mol. The van der Waals surface area contributed by atoms with Gasteiger partial charge in [0.1, 0.15) is 5.82 Å². The number of rotatable bonds is 3. The van der Waals surface area contributed by atoms with Crippen LogP contribution >= 0.6 is 15.9 Å². The minimum Gasteiger partial charge on any atom is -0.322 e. The molecule has 0 fully saturated rings. The minimum absolute atomic E-state index is 0.290. The van der Waals surface area contributed by atoms with Crippen LogP contribution in [0.15, 0.2) is 53.0 Å². The second kappa shape index (κ2) is 6.48. The second-order valence-electron chi connectivity index (χ2n) is 4.33. The minimum atomic E-state index is -0.372. The van der Waals surface area contributed by atoms with Gasteiger partial charge in [0.2, 0.25) is 5.91 Å². The Hall–Kier alpha value is -1.94. The molecule has 2 rings (SSSR count). The summed E-state index contributed by atoms with van der Waals surface area (Å²) in [5, 5.41) is 2.66. The zero-order valence-electron chi connectivity index (χ0n) is 10.9. The van der Waals surface area contributed by atoms with E-state index in [-0.39, 0.29) is 11.7 Å². The summed E-state index contributed by atoms with van der Waals surface area (Å²) >= 11 is 3.35. The molecule has 0 unspecified atom stereocenters. The fourth-order valence-electron chi connectivity index (χ4n) is 1.65. The number of hydrogen-bond acceptors (Lipinski definition) is 1. The Kier molecular flexibility index (Phi) is 4.69. The molecular weight excluding hydrogens is 321 g/mol. The highest BCUT2D eigenvalue weighted by molar-refractivity contribution is 9.10. The maximum atomic E-state index is 13.1. The van der Waals surface area contributed by atoms with Crippen LogP contribution in [0.4, 0.5) is 10.1 Å². The van der Waals surface area contributed by atoms with E-state index in [1.165, 1.54) is 18.2 Å². The van der Waals surface area contributed by atoms with Gasteiger partial charge in [-0.15, -0.1) is 0 Å². The number of carbonyl (C=O) groups is 1. The summed E-state index contributed by atoms with van der Waals surface area (Å²) in [4.78, 5) is 11.8. The number of carbonyl (C=O) groups excluding carboxylic acids is 1. The van der Waals surface area contributed by atoms with Gasteiger partial charge in [0.05, 0.1) is 0 Å². The molecular formula is C16H13BrFNO. The SMILES string of the molecule is Cc1ccc(F)cc1NC(=O)/C=C/c1ccc(Br)cc1. The smallest absolute Gasteiger partial charge is 0.248 e. The van der Waals surface area contributed by atoms with Crippen LogP contribution in [0.3, 0.4) is 0 Å². The number of anilines is 1. The lowest BCUT2D eigenvalue weighted by molar-refractivity contribution is -0.111. The molecule has 1 amide bonds. The van der Waals surface area contributed by atoms with Crippen molar-refractivity contribution in [1.29, 1.82) is 0 Å². The van der Waals surface area contributed by atoms with Gasteiger partial charge in [0.15, 0.2) is 0 Å². The van der Waals surface area contributed by atoms with Gasteiger partial charge in [-0.1, -0.05) is 34.1 Å². The number of benzene rings is 2. The van der Waals surface area contributed by atoms with Gasteiger partial charge in [0, 0.05) is 16.2 Å². The molecule has 102 valence electrons. The number of halogens is 2. The fourth-order valence-corrected chi connectivity index (χ4v) is 1.91. The van der Waals surface area contributed by atoms with Gasteiger partial charge >= 0.3 is 0 Å².